The zero-order valence-electron chi connectivity index (χ0n) is 12.0. The monoisotopic (exact) mass is 342 g/mol. The van der Waals surface area contributed by atoms with Crippen LogP contribution in [0.5, 0.6) is 4.62 Å². The van der Waals surface area contributed by atoms with Gasteiger partial charge in [0.1, 0.15) is 0 Å². The average molecular weight is 341 g/mol. The third-order valence-corrected chi connectivity index (χ3v) is 5.67. The fourth-order valence-corrected chi connectivity index (χ4v) is 4.62. The quantitative estimate of drug-likeness (QED) is 0.706. The molecule has 106 valence electrons. The molecule has 0 atom stereocenters. The van der Waals surface area contributed by atoms with E-state index in [1.54, 1.807) is 0 Å². The molecule has 3 aromatic rings. The molecule has 0 saturated heterocycles. The zero-order valence-corrected chi connectivity index (χ0v) is 13.7. The van der Waals surface area contributed by atoms with Gasteiger partial charge >= 0.3 is 131 Å². The van der Waals surface area contributed by atoms with E-state index in [1.165, 1.54) is 11.1 Å². The maximum atomic E-state index is 10.4. The Hall–Kier alpha value is -1.76. The van der Waals surface area contributed by atoms with Crippen molar-refractivity contribution in [3.63, 3.8) is 0 Å². The minimum atomic E-state index is -0.263. The summed E-state index contributed by atoms with van der Waals surface area (Å²) < 4.78 is 0.553. The van der Waals surface area contributed by atoms with Crippen LogP contribution in [0.15, 0.2) is 71.7 Å². The summed E-state index contributed by atoms with van der Waals surface area (Å²) in [6.45, 7) is 2.19. The summed E-state index contributed by atoms with van der Waals surface area (Å²) in [5.74, 6) is 0. The molecule has 0 spiro atoms. The predicted molar refractivity (Wildman–Crippen MR) is 88.1 cm³/mol. The van der Waals surface area contributed by atoms with Crippen LogP contribution < -0.4 is 0 Å². The van der Waals surface area contributed by atoms with Gasteiger partial charge in [0.25, 0.3) is 0 Å². The standard InChI is InChI=1S/C19H18OSe/c1-2-19(15-9-5-3-6-10-15,16-11-7-4-8-12-16)17-13-14-21-18(17)20/h3-14,20H,2H2,1H3. The van der Waals surface area contributed by atoms with Crippen LogP contribution in [0, 0.1) is 0 Å². The van der Waals surface area contributed by atoms with Crippen LogP contribution in [0.3, 0.4) is 0 Å². The molecule has 0 aliphatic carbocycles. The molecule has 0 bridgehead atoms. The first-order chi connectivity index (χ1) is 10.3. The summed E-state index contributed by atoms with van der Waals surface area (Å²) in [5.41, 5.74) is 3.27. The Morgan fingerprint density at radius 1 is 0.857 bits per heavy atom. The van der Waals surface area contributed by atoms with Crippen molar-refractivity contribution in [2.45, 2.75) is 18.8 Å². The van der Waals surface area contributed by atoms with E-state index >= 15 is 0 Å². The van der Waals surface area contributed by atoms with Gasteiger partial charge in [0.2, 0.25) is 0 Å². The SMILES string of the molecule is CCC(c1ccccc1)(c1ccccc1)c1cc[se]c1O. The summed E-state index contributed by atoms with van der Waals surface area (Å²) in [6, 6.07) is 23.1. The molecule has 0 amide bonds. The van der Waals surface area contributed by atoms with E-state index in [9.17, 15) is 5.11 Å². The maximum absolute atomic E-state index is 10.4. The van der Waals surface area contributed by atoms with Gasteiger partial charge in [-0.15, -0.1) is 0 Å². The summed E-state index contributed by atoms with van der Waals surface area (Å²) in [4.78, 5) is 2.11. The summed E-state index contributed by atoms with van der Waals surface area (Å²) in [7, 11) is 0. The van der Waals surface area contributed by atoms with E-state index in [2.05, 4.69) is 66.5 Å². The summed E-state index contributed by atoms with van der Waals surface area (Å²) >= 11 is 0.0688. The molecular weight excluding hydrogens is 323 g/mol. The van der Waals surface area contributed by atoms with Gasteiger partial charge in [-0.3, -0.25) is 0 Å². The Labute approximate surface area is 131 Å². The Morgan fingerprint density at radius 3 is 1.76 bits per heavy atom. The van der Waals surface area contributed by atoms with Crippen LogP contribution in [-0.4, -0.2) is 19.6 Å². The minimum absolute atomic E-state index is 0.0688. The van der Waals surface area contributed by atoms with E-state index in [-0.39, 0.29) is 19.9 Å². The van der Waals surface area contributed by atoms with Crippen LogP contribution in [0.2, 0.25) is 0 Å². The van der Waals surface area contributed by atoms with Gasteiger partial charge in [0.15, 0.2) is 0 Å². The summed E-state index contributed by atoms with van der Waals surface area (Å²) in [5, 5.41) is 10.4. The average Bonchev–Trinajstić information content (AvgIpc) is 2.98. The van der Waals surface area contributed by atoms with Crippen LogP contribution in [0.1, 0.15) is 30.0 Å². The Bertz CT molecular complexity index is 661. The molecule has 0 fully saturated rings. The normalized spacial score (nSPS) is 11.5. The number of aromatic hydroxyl groups is 1. The Kier molecular flexibility index (Phi) is 4.01. The molecule has 3 rings (SSSR count). The molecular formula is C19H18OSe. The van der Waals surface area contributed by atoms with Gasteiger partial charge in [-0.2, -0.15) is 0 Å². The zero-order chi connectivity index (χ0) is 14.7. The molecule has 0 radical (unpaired) electrons. The van der Waals surface area contributed by atoms with Crippen molar-refractivity contribution >= 4 is 14.5 Å². The molecule has 0 aliphatic rings. The fourth-order valence-electron chi connectivity index (χ4n) is 3.15. The van der Waals surface area contributed by atoms with Crippen LogP contribution in [0.4, 0.5) is 0 Å². The molecule has 0 aliphatic heterocycles. The number of hydrogen-bond donors (Lipinski definition) is 1. The van der Waals surface area contributed by atoms with Gasteiger partial charge in [0.05, 0.1) is 0 Å². The second-order valence-electron chi connectivity index (χ2n) is 5.13. The number of hydrogen-bond acceptors (Lipinski definition) is 1. The van der Waals surface area contributed by atoms with E-state index in [1.807, 2.05) is 12.1 Å². The summed E-state index contributed by atoms with van der Waals surface area (Å²) in [6.07, 6.45) is 0.918. The van der Waals surface area contributed by atoms with Crippen molar-refractivity contribution in [1.29, 1.82) is 0 Å². The molecule has 1 aromatic heterocycles. The molecule has 1 N–H and O–H groups in total. The van der Waals surface area contributed by atoms with E-state index in [0.29, 0.717) is 4.62 Å². The van der Waals surface area contributed by atoms with Gasteiger partial charge in [-0.1, -0.05) is 0 Å². The van der Waals surface area contributed by atoms with Crippen molar-refractivity contribution in [2.24, 2.45) is 0 Å². The molecule has 0 unspecified atom stereocenters. The van der Waals surface area contributed by atoms with Crippen molar-refractivity contribution in [3.05, 3.63) is 88.4 Å². The topological polar surface area (TPSA) is 20.2 Å². The Balaban J connectivity index is 2.31. The third kappa shape index (κ3) is 2.35. The fraction of sp³-hybridized carbons (Fsp3) is 0.158. The molecule has 2 heteroatoms. The van der Waals surface area contributed by atoms with Crippen molar-refractivity contribution < 1.29 is 5.11 Å². The molecule has 0 saturated carbocycles. The van der Waals surface area contributed by atoms with Gasteiger partial charge in [0, 0.05) is 0 Å². The molecule has 21 heavy (non-hydrogen) atoms. The van der Waals surface area contributed by atoms with Crippen molar-refractivity contribution in [3.8, 4) is 4.62 Å². The molecule has 1 heterocycles. The first kappa shape index (κ1) is 14.2. The van der Waals surface area contributed by atoms with Crippen LogP contribution in [-0.2, 0) is 5.41 Å². The first-order valence-corrected chi connectivity index (χ1v) is 9.01. The van der Waals surface area contributed by atoms with Gasteiger partial charge < -0.3 is 0 Å². The van der Waals surface area contributed by atoms with Crippen LogP contribution in [0.25, 0.3) is 0 Å². The van der Waals surface area contributed by atoms with E-state index in [0.717, 1.165) is 12.0 Å². The number of rotatable bonds is 4. The number of benzene rings is 2. The van der Waals surface area contributed by atoms with Crippen molar-refractivity contribution in [2.75, 3.05) is 0 Å². The predicted octanol–water partition coefficient (Wildman–Crippen LogP) is 4.19. The molecule has 1 nitrogen and oxygen atoms in total. The second kappa shape index (κ2) is 5.93. The van der Waals surface area contributed by atoms with E-state index in [4.69, 9.17) is 0 Å². The second-order valence-corrected chi connectivity index (χ2v) is 7.01. The van der Waals surface area contributed by atoms with Crippen molar-refractivity contribution in [1.82, 2.24) is 0 Å². The third-order valence-electron chi connectivity index (χ3n) is 4.17. The first-order valence-electron chi connectivity index (χ1n) is 7.17. The van der Waals surface area contributed by atoms with Gasteiger partial charge in [-0.25, -0.2) is 0 Å². The van der Waals surface area contributed by atoms with Gasteiger partial charge in [-0.05, 0) is 0 Å². The van der Waals surface area contributed by atoms with E-state index < -0.39 is 0 Å². The Morgan fingerprint density at radius 2 is 1.38 bits per heavy atom. The molecule has 2 aromatic carbocycles. The van der Waals surface area contributed by atoms with Crippen LogP contribution >= 0.6 is 0 Å².